The van der Waals surface area contributed by atoms with E-state index >= 15 is 0 Å². The summed E-state index contributed by atoms with van der Waals surface area (Å²) in [5.41, 5.74) is 2.69. The fourth-order valence-corrected chi connectivity index (χ4v) is 4.09. The second-order valence-electron chi connectivity index (χ2n) is 8.82. The lowest BCUT2D eigenvalue weighted by Crippen LogP contribution is -2.36. The molecule has 0 saturated heterocycles. The average molecular weight is 404 g/mol. The second kappa shape index (κ2) is 8.02. The molecule has 0 radical (unpaired) electrons. The van der Waals surface area contributed by atoms with Gasteiger partial charge >= 0.3 is 6.09 Å². The Morgan fingerprint density at radius 1 is 1.03 bits per heavy atom. The van der Waals surface area contributed by atoms with Gasteiger partial charge in [0, 0.05) is 23.9 Å². The monoisotopic (exact) mass is 403 g/mol. The highest BCUT2D eigenvalue weighted by atomic mass is 16.6. The first-order chi connectivity index (χ1) is 14.4. The molecule has 0 N–H and O–H groups in total. The van der Waals surface area contributed by atoms with Crippen LogP contribution in [0, 0.1) is 0 Å². The summed E-state index contributed by atoms with van der Waals surface area (Å²) in [7, 11) is 0. The molecule has 0 spiro atoms. The normalized spacial score (nSPS) is 15.9. The summed E-state index contributed by atoms with van der Waals surface area (Å²) < 4.78 is 11.9. The van der Waals surface area contributed by atoms with Gasteiger partial charge in [-0.1, -0.05) is 61.5 Å². The van der Waals surface area contributed by atoms with Gasteiger partial charge in [0.25, 0.3) is 0 Å². The highest BCUT2D eigenvalue weighted by Crippen LogP contribution is 2.46. The van der Waals surface area contributed by atoms with E-state index in [0.717, 1.165) is 34.2 Å². The van der Waals surface area contributed by atoms with E-state index < -0.39 is 5.60 Å². The lowest BCUT2D eigenvalue weighted by Gasteiger charge is -2.25. The number of nitrogens with zero attached hydrogens (tertiary/aromatic N) is 1. The number of carbonyl (C=O) groups excluding carboxylic acids is 1. The third kappa shape index (κ3) is 4.00. The molecule has 4 rings (SSSR count). The van der Waals surface area contributed by atoms with E-state index in [2.05, 4.69) is 31.2 Å². The molecular formula is C26H29NO3. The zero-order valence-corrected chi connectivity index (χ0v) is 18.1. The van der Waals surface area contributed by atoms with Gasteiger partial charge in [-0.05, 0) is 43.7 Å². The minimum atomic E-state index is -0.537. The zero-order chi connectivity index (χ0) is 21.3. The van der Waals surface area contributed by atoms with E-state index in [-0.39, 0.29) is 12.0 Å². The lowest BCUT2D eigenvalue weighted by atomic mass is 9.92. The number of ether oxygens (including phenoxy) is 2. The molecule has 0 saturated carbocycles. The van der Waals surface area contributed by atoms with Gasteiger partial charge in [-0.2, -0.15) is 0 Å². The van der Waals surface area contributed by atoms with Gasteiger partial charge in [0.1, 0.15) is 18.0 Å². The highest BCUT2D eigenvalue weighted by Gasteiger charge is 2.36. The predicted molar refractivity (Wildman–Crippen MR) is 121 cm³/mol. The first kappa shape index (κ1) is 20.3. The van der Waals surface area contributed by atoms with E-state index in [1.54, 1.807) is 4.90 Å². The third-order valence-corrected chi connectivity index (χ3v) is 5.47. The molecule has 0 bridgehead atoms. The van der Waals surface area contributed by atoms with Gasteiger partial charge in [-0.25, -0.2) is 4.79 Å². The highest BCUT2D eigenvalue weighted by molar-refractivity contribution is 6.02. The largest absolute Gasteiger partial charge is 0.488 e. The Kier molecular flexibility index (Phi) is 5.42. The van der Waals surface area contributed by atoms with Crippen molar-refractivity contribution >= 4 is 22.6 Å². The molecule has 3 aromatic carbocycles. The SMILES string of the molecule is CC[C@@H]1CN(C(=O)OC(C)(C)C)c2cc(OCc3ccccc3)c3ccccc3c21. The fraction of sp³-hybridized carbons (Fsp3) is 0.346. The van der Waals surface area contributed by atoms with Gasteiger partial charge in [0.2, 0.25) is 0 Å². The standard InChI is InChI=1S/C26H29NO3/c1-5-19-16-27(25(28)30-26(2,3)4)22-15-23(29-17-18-11-7-6-8-12-18)20-13-9-10-14-21(20)24(19)22/h6-15,19H,5,16-17H2,1-4H3/t19-/m1/s1. The number of benzene rings is 3. The van der Waals surface area contributed by atoms with Crippen molar-refractivity contribution in [3.63, 3.8) is 0 Å². The molecule has 1 atom stereocenters. The maximum absolute atomic E-state index is 13.0. The van der Waals surface area contributed by atoms with Crippen LogP contribution in [0.5, 0.6) is 5.75 Å². The maximum atomic E-state index is 13.0. The molecule has 1 aliphatic heterocycles. The van der Waals surface area contributed by atoms with Crippen molar-refractivity contribution < 1.29 is 14.3 Å². The van der Waals surface area contributed by atoms with Crippen LogP contribution < -0.4 is 9.64 Å². The van der Waals surface area contributed by atoms with Crippen LogP contribution in [0.15, 0.2) is 60.7 Å². The number of anilines is 1. The van der Waals surface area contributed by atoms with Crippen LogP contribution in [0.2, 0.25) is 0 Å². The smallest absolute Gasteiger partial charge is 0.414 e. The number of hydrogen-bond acceptors (Lipinski definition) is 3. The molecular weight excluding hydrogens is 374 g/mol. The van der Waals surface area contributed by atoms with Crippen molar-refractivity contribution in [1.29, 1.82) is 0 Å². The molecule has 0 fully saturated rings. The van der Waals surface area contributed by atoms with Crippen molar-refractivity contribution in [1.82, 2.24) is 0 Å². The van der Waals surface area contributed by atoms with Crippen molar-refractivity contribution in [2.45, 2.75) is 52.2 Å². The topological polar surface area (TPSA) is 38.8 Å². The van der Waals surface area contributed by atoms with E-state index in [1.165, 1.54) is 5.56 Å². The summed E-state index contributed by atoms with van der Waals surface area (Å²) in [4.78, 5) is 14.7. The summed E-state index contributed by atoms with van der Waals surface area (Å²) in [6.07, 6.45) is 0.657. The van der Waals surface area contributed by atoms with E-state index in [9.17, 15) is 4.79 Å². The number of fused-ring (bicyclic) bond motifs is 3. The molecule has 1 aliphatic rings. The molecule has 1 amide bonds. The average Bonchev–Trinajstić information content (AvgIpc) is 3.10. The Hall–Kier alpha value is -3.01. The van der Waals surface area contributed by atoms with Crippen LogP contribution >= 0.6 is 0 Å². The van der Waals surface area contributed by atoms with Gasteiger partial charge in [0.15, 0.2) is 0 Å². The van der Waals surface area contributed by atoms with Crippen molar-refractivity contribution in [2.75, 3.05) is 11.4 Å². The van der Waals surface area contributed by atoms with Crippen LogP contribution in [0.1, 0.15) is 51.2 Å². The summed E-state index contributed by atoms with van der Waals surface area (Å²) in [5, 5.41) is 2.23. The Balaban J connectivity index is 1.77. The quantitative estimate of drug-likeness (QED) is 0.488. The van der Waals surface area contributed by atoms with Crippen molar-refractivity contribution in [2.24, 2.45) is 0 Å². The molecule has 30 heavy (non-hydrogen) atoms. The van der Waals surface area contributed by atoms with Gasteiger partial charge in [0.05, 0.1) is 5.69 Å². The van der Waals surface area contributed by atoms with Crippen LogP contribution in [-0.4, -0.2) is 18.2 Å². The van der Waals surface area contributed by atoms with Gasteiger partial charge in [-0.15, -0.1) is 0 Å². The molecule has 1 heterocycles. The minimum Gasteiger partial charge on any atom is -0.488 e. The van der Waals surface area contributed by atoms with Crippen LogP contribution in [0.4, 0.5) is 10.5 Å². The molecule has 0 unspecified atom stereocenters. The summed E-state index contributed by atoms with van der Waals surface area (Å²) >= 11 is 0. The molecule has 3 aromatic rings. The van der Waals surface area contributed by atoms with Crippen molar-refractivity contribution in [3.8, 4) is 5.75 Å². The first-order valence-corrected chi connectivity index (χ1v) is 10.6. The van der Waals surface area contributed by atoms with Crippen LogP contribution in [0.25, 0.3) is 10.8 Å². The second-order valence-corrected chi connectivity index (χ2v) is 8.82. The number of rotatable bonds is 4. The van der Waals surface area contributed by atoms with Crippen molar-refractivity contribution in [3.05, 3.63) is 71.8 Å². The molecule has 4 heteroatoms. The Labute approximate surface area is 178 Å². The molecule has 0 aliphatic carbocycles. The van der Waals surface area contributed by atoms with Gasteiger partial charge < -0.3 is 9.47 Å². The lowest BCUT2D eigenvalue weighted by molar-refractivity contribution is 0.0582. The van der Waals surface area contributed by atoms with E-state index in [4.69, 9.17) is 9.47 Å². The van der Waals surface area contributed by atoms with Gasteiger partial charge in [-0.3, -0.25) is 4.90 Å². The minimum absolute atomic E-state index is 0.278. The Morgan fingerprint density at radius 2 is 1.70 bits per heavy atom. The summed E-state index contributed by atoms with van der Waals surface area (Å²) in [5.74, 6) is 1.07. The number of carbonyl (C=O) groups is 1. The van der Waals surface area contributed by atoms with E-state index in [1.807, 2.05) is 57.2 Å². The fourth-order valence-electron chi connectivity index (χ4n) is 4.09. The van der Waals surface area contributed by atoms with E-state index in [0.29, 0.717) is 13.2 Å². The number of hydrogen-bond donors (Lipinski definition) is 0. The molecule has 4 nitrogen and oxygen atoms in total. The zero-order valence-electron chi connectivity index (χ0n) is 18.1. The molecule has 0 aromatic heterocycles. The summed E-state index contributed by atoms with van der Waals surface area (Å²) in [6.45, 7) is 8.97. The first-order valence-electron chi connectivity index (χ1n) is 10.6. The Bertz CT molecular complexity index is 1050. The molecule has 156 valence electrons. The third-order valence-electron chi connectivity index (χ3n) is 5.47. The van der Waals surface area contributed by atoms with Crippen LogP contribution in [-0.2, 0) is 11.3 Å². The Morgan fingerprint density at radius 3 is 2.37 bits per heavy atom. The number of amides is 1. The predicted octanol–water partition coefficient (Wildman–Crippen LogP) is 6.67. The van der Waals surface area contributed by atoms with Crippen LogP contribution in [0.3, 0.4) is 0 Å². The summed E-state index contributed by atoms with van der Waals surface area (Å²) in [6, 6.07) is 20.4. The maximum Gasteiger partial charge on any atom is 0.414 e.